The van der Waals surface area contributed by atoms with Crippen molar-refractivity contribution in [3.8, 4) is 5.75 Å². The summed E-state index contributed by atoms with van der Waals surface area (Å²) in [6.07, 6.45) is 20.3. The minimum Gasteiger partial charge on any atom is -0.508 e. The number of rotatable bonds is 8. The second-order valence-corrected chi connectivity index (χ2v) is 9.19. The Morgan fingerprint density at radius 2 is 1.31 bits per heavy atom. The third-order valence-electron chi connectivity index (χ3n) is 7.41. The smallest absolute Gasteiger partial charge is 0.115 e. The maximum Gasteiger partial charge on any atom is 0.115 e. The Balaban J connectivity index is 1.34. The fourth-order valence-electron chi connectivity index (χ4n) is 5.66. The van der Waals surface area contributed by atoms with Crippen molar-refractivity contribution < 1.29 is 5.11 Å². The summed E-state index contributed by atoms with van der Waals surface area (Å²) < 4.78 is 0. The van der Waals surface area contributed by atoms with E-state index < -0.39 is 0 Å². The molecule has 1 aromatic carbocycles. The molecule has 0 amide bonds. The third kappa shape index (κ3) is 5.76. The van der Waals surface area contributed by atoms with E-state index in [-0.39, 0.29) is 0 Å². The molecule has 0 heterocycles. The molecule has 26 heavy (non-hydrogen) atoms. The molecule has 0 bridgehead atoms. The molecule has 2 saturated carbocycles. The Kier molecular flexibility index (Phi) is 7.89. The van der Waals surface area contributed by atoms with Crippen molar-refractivity contribution in [3.05, 3.63) is 29.8 Å². The topological polar surface area (TPSA) is 20.2 Å². The molecule has 0 unspecified atom stereocenters. The highest BCUT2D eigenvalue weighted by atomic mass is 16.3. The van der Waals surface area contributed by atoms with Crippen LogP contribution in [0.3, 0.4) is 0 Å². The number of phenols is 1. The number of aromatic hydroxyl groups is 1. The number of unbranched alkanes of at least 4 members (excludes halogenated alkanes) is 4. The normalized spacial score (nSPS) is 29.6. The van der Waals surface area contributed by atoms with Gasteiger partial charge in [-0.3, -0.25) is 0 Å². The Bertz CT molecular complexity index is 489. The predicted octanol–water partition coefficient (Wildman–Crippen LogP) is 7.83. The molecule has 0 saturated heterocycles. The van der Waals surface area contributed by atoms with Crippen LogP contribution in [0.4, 0.5) is 0 Å². The first-order valence-corrected chi connectivity index (χ1v) is 11.5. The van der Waals surface area contributed by atoms with Crippen molar-refractivity contribution in [1.82, 2.24) is 0 Å². The molecule has 0 aliphatic heterocycles. The predicted molar refractivity (Wildman–Crippen MR) is 112 cm³/mol. The van der Waals surface area contributed by atoms with Gasteiger partial charge in [0, 0.05) is 0 Å². The van der Waals surface area contributed by atoms with Crippen LogP contribution < -0.4 is 0 Å². The van der Waals surface area contributed by atoms with Crippen LogP contribution in [0, 0.1) is 17.8 Å². The van der Waals surface area contributed by atoms with Gasteiger partial charge in [-0.25, -0.2) is 0 Å². The van der Waals surface area contributed by atoms with Gasteiger partial charge in [-0.2, -0.15) is 0 Å². The molecule has 0 atom stereocenters. The molecule has 1 heteroatoms. The molecule has 3 rings (SSSR count). The minimum atomic E-state index is 0.393. The second kappa shape index (κ2) is 10.4. The van der Waals surface area contributed by atoms with E-state index in [1.807, 2.05) is 12.1 Å². The number of phenolic OH excluding ortho intramolecular Hbond substituents is 1. The molecule has 2 aliphatic rings. The Labute approximate surface area is 161 Å². The van der Waals surface area contributed by atoms with Crippen LogP contribution in [0.25, 0.3) is 0 Å². The van der Waals surface area contributed by atoms with Crippen LogP contribution in [-0.2, 0) is 0 Å². The van der Waals surface area contributed by atoms with E-state index in [4.69, 9.17) is 0 Å². The van der Waals surface area contributed by atoms with Gasteiger partial charge in [0.2, 0.25) is 0 Å². The van der Waals surface area contributed by atoms with Gasteiger partial charge in [0.1, 0.15) is 5.75 Å². The summed E-state index contributed by atoms with van der Waals surface area (Å²) in [6.45, 7) is 2.31. The first kappa shape index (κ1) is 19.8. The number of hydrogen-bond donors (Lipinski definition) is 1. The number of hydrogen-bond acceptors (Lipinski definition) is 1. The molecule has 1 N–H and O–H groups in total. The first-order chi connectivity index (χ1) is 12.8. The summed E-state index contributed by atoms with van der Waals surface area (Å²) in [5.74, 6) is 4.18. The minimum absolute atomic E-state index is 0.393. The molecule has 1 nitrogen and oxygen atoms in total. The molecule has 1 aromatic rings. The van der Waals surface area contributed by atoms with E-state index in [0.29, 0.717) is 5.75 Å². The molecule has 0 radical (unpaired) electrons. The average Bonchev–Trinajstić information content (AvgIpc) is 2.69. The zero-order chi connectivity index (χ0) is 18.2. The second-order valence-electron chi connectivity index (χ2n) is 9.19. The van der Waals surface area contributed by atoms with E-state index in [9.17, 15) is 5.11 Å². The van der Waals surface area contributed by atoms with E-state index >= 15 is 0 Å². The highest BCUT2D eigenvalue weighted by molar-refractivity contribution is 5.28. The van der Waals surface area contributed by atoms with Crippen molar-refractivity contribution in [2.24, 2.45) is 17.8 Å². The summed E-state index contributed by atoms with van der Waals surface area (Å²) in [7, 11) is 0. The third-order valence-corrected chi connectivity index (χ3v) is 7.41. The number of benzene rings is 1. The standard InChI is InChI=1S/C25H40O/c1-2-3-4-5-6-7-20-8-10-21(11-9-20)22-12-14-23(15-13-22)24-16-18-25(26)19-17-24/h16-23,26H,2-15H2,1H3. The Morgan fingerprint density at radius 1 is 0.731 bits per heavy atom. The van der Waals surface area contributed by atoms with E-state index in [2.05, 4.69) is 19.1 Å². The zero-order valence-corrected chi connectivity index (χ0v) is 17.0. The average molecular weight is 357 g/mol. The van der Waals surface area contributed by atoms with Crippen LogP contribution in [0.5, 0.6) is 5.75 Å². The molecule has 0 spiro atoms. The van der Waals surface area contributed by atoms with Crippen LogP contribution in [0.15, 0.2) is 24.3 Å². The van der Waals surface area contributed by atoms with Crippen molar-refractivity contribution in [1.29, 1.82) is 0 Å². The van der Waals surface area contributed by atoms with Gasteiger partial charge < -0.3 is 5.11 Å². The van der Waals surface area contributed by atoms with Crippen molar-refractivity contribution in [2.75, 3.05) is 0 Å². The van der Waals surface area contributed by atoms with E-state index in [1.165, 1.54) is 95.5 Å². The van der Waals surface area contributed by atoms with Crippen molar-refractivity contribution in [2.45, 2.75) is 103 Å². The Hall–Kier alpha value is -0.980. The molecule has 2 aliphatic carbocycles. The maximum absolute atomic E-state index is 9.48. The SMILES string of the molecule is CCCCCCCC1CCC(C2CCC(c3ccc(O)cc3)CC2)CC1. The van der Waals surface area contributed by atoms with Crippen LogP contribution in [-0.4, -0.2) is 5.11 Å². The highest BCUT2D eigenvalue weighted by Gasteiger charge is 2.31. The van der Waals surface area contributed by atoms with Gasteiger partial charge in [-0.1, -0.05) is 70.4 Å². The van der Waals surface area contributed by atoms with Crippen LogP contribution >= 0.6 is 0 Å². The summed E-state index contributed by atoms with van der Waals surface area (Å²) >= 11 is 0. The van der Waals surface area contributed by atoms with Gasteiger partial charge >= 0.3 is 0 Å². The van der Waals surface area contributed by atoms with Gasteiger partial charge in [0.05, 0.1) is 0 Å². The summed E-state index contributed by atoms with van der Waals surface area (Å²) in [5.41, 5.74) is 1.44. The lowest BCUT2D eigenvalue weighted by atomic mass is 9.68. The fourth-order valence-corrected chi connectivity index (χ4v) is 5.66. The summed E-state index contributed by atoms with van der Waals surface area (Å²) in [6, 6.07) is 7.97. The molecule has 146 valence electrons. The molecule has 2 fully saturated rings. The lowest BCUT2D eigenvalue weighted by Gasteiger charge is -2.38. The van der Waals surface area contributed by atoms with Crippen LogP contribution in [0.1, 0.15) is 108 Å². The molecular formula is C25H40O. The Morgan fingerprint density at radius 3 is 1.92 bits per heavy atom. The van der Waals surface area contributed by atoms with Crippen molar-refractivity contribution >= 4 is 0 Å². The van der Waals surface area contributed by atoms with Gasteiger partial charge in [0.15, 0.2) is 0 Å². The lowest BCUT2D eigenvalue weighted by Crippen LogP contribution is -2.25. The molecular weight excluding hydrogens is 316 g/mol. The zero-order valence-electron chi connectivity index (χ0n) is 17.0. The summed E-state index contributed by atoms with van der Waals surface area (Å²) in [4.78, 5) is 0. The highest BCUT2D eigenvalue weighted by Crippen LogP contribution is 2.44. The lowest BCUT2D eigenvalue weighted by molar-refractivity contribution is 0.155. The van der Waals surface area contributed by atoms with E-state index in [1.54, 1.807) is 0 Å². The van der Waals surface area contributed by atoms with E-state index in [0.717, 1.165) is 23.7 Å². The van der Waals surface area contributed by atoms with Gasteiger partial charge in [-0.15, -0.1) is 0 Å². The summed E-state index contributed by atoms with van der Waals surface area (Å²) in [5, 5.41) is 9.48. The van der Waals surface area contributed by atoms with Crippen LogP contribution in [0.2, 0.25) is 0 Å². The van der Waals surface area contributed by atoms with Gasteiger partial charge in [0.25, 0.3) is 0 Å². The fraction of sp³-hybridized carbons (Fsp3) is 0.760. The monoisotopic (exact) mass is 356 g/mol. The largest absolute Gasteiger partial charge is 0.508 e. The first-order valence-electron chi connectivity index (χ1n) is 11.5. The quantitative estimate of drug-likeness (QED) is 0.470. The van der Waals surface area contributed by atoms with Crippen molar-refractivity contribution in [3.63, 3.8) is 0 Å². The molecule has 0 aromatic heterocycles. The van der Waals surface area contributed by atoms with Gasteiger partial charge in [-0.05, 0) is 79.9 Å². The maximum atomic E-state index is 9.48.